The van der Waals surface area contributed by atoms with E-state index in [4.69, 9.17) is 28.3 Å². The molecule has 0 spiro atoms. The summed E-state index contributed by atoms with van der Waals surface area (Å²) in [6, 6.07) is 4.10. The van der Waals surface area contributed by atoms with E-state index in [1.165, 1.54) is 17.1 Å². The molecule has 0 aliphatic carbocycles. The molecule has 1 aromatic heterocycles. The number of carbonyl (C=O) groups is 2. The Morgan fingerprint density at radius 2 is 1.76 bits per heavy atom. The average molecular weight is 329 g/mol. The smallest absolute Gasteiger partial charge is 0.325 e. The van der Waals surface area contributed by atoms with Crippen molar-refractivity contribution in [2.75, 3.05) is 10.6 Å². The van der Waals surface area contributed by atoms with Crippen LogP contribution in [-0.4, -0.2) is 26.9 Å². The van der Waals surface area contributed by atoms with Gasteiger partial charge in [-0.05, 0) is 18.2 Å². The quantitative estimate of drug-likeness (QED) is 0.803. The maximum Gasteiger partial charge on any atom is 0.325 e. The zero-order valence-electron chi connectivity index (χ0n) is 10.5. The summed E-state index contributed by atoms with van der Waals surface area (Å²) in [6.07, 6.45) is 2.74. The minimum Gasteiger partial charge on any atom is -0.480 e. The van der Waals surface area contributed by atoms with Crippen LogP contribution in [0.3, 0.4) is 0 Å². The summed E-state index contributed by atoms with van der Waals surface area (Å²) in [7, 11) is 0. The molecular weight excluding hydrogens is 319 g/mol. The number of aromatic nitrogens is 2. The second-order valence-electron chi connectivity index (χ2n) is 4.06. The van der Waals surface area contributed by atoms with Gasteiger partial charge in [-0.1, -0.05) is 23.2 Å². The number of hydrogen-bond acceptors (Lipinski definition) is 3. The second kappa shape index (κ2) is 6.47. The second-order valence-corrected chi connectivity index (χ2v) is 4.93. The number of carboxylic acids is 1. The number of anilines is 2. The van der Waals surface area contributed by atoms with Crippen LogP contribution in [0.25, 0.3) is 0 Å². The summed E-state index contributed by atoms with van der Waals surface area (Å²) in [5.74, 6) is -1.03. The molecule has 21 heavy (non-hydrogen) atoms. The number of nitrogens with zero attached hydrogens (tertiary/aromatic N) is 2. The number of rotatable bonds is 4. The Balaban J connectivity index is 1.98. The summed E-state index contributed by atoms with van der Waals surface area (Å²) in [4.78, 5) is 22.3. The molecule has 2 rings (SSSR count). The lowest BCUT2D eigenvalue weighted by Crippen LogP contribution is -2.19. The molecule has 7 nitrogen and oxygen atoms in total. The van der Waals surface area contributed by atoms with Gasteiger partial charge in [0.25, 0.3) is 0 Å². The van der Waals surface area contributed by atoms with E-state index in [-0.39, 0.29) is 6.54 Å². The van der Waals surface area contributed by atoms with E-state index in [0.717, 1.165) is 0 Å². The van der Waals surface area contributed by atoms with Gasteiger partial charge in [-0.2, -0.15) is 5.10 Å². The van der Waals surface area contributed by atoms with Gasteiger partial charge in [-0.15, -0.1) is 0 Å². The number of nitrogens with one attached hydrogen (secondary N) is 2. The van der Waals surface area contributed by atoms with Crippen LogP contribution in [0.2, 0.25) is 10.0 Å². The summed E-state index contributed by atoms with van der Waals surface area (Å²) < 4.78 is 1.19. The fraction of sp³-hybridized carbons (Fsp3) is 0.0833. The van der Waals surface area contributed by atoms with E-state index in [1.54, 1.807) is 18.2 Å². The van der Waals surface area contributed by atoms with Crippen molar-refractivity contribution in [3.63, 3.8) is 0 Å². The number of carboxylic acid groups (broad SMARTS) is 1. The molecule has 110 valence electrons. The van der Waals surface area contributed by atoms with E-state index in [9.17, 15) is 9.59 Å². The summed E-state index contributed by atoms with van der Waals surface area (Å²) in [5, 5.41) is 18.3. The van der Waals surface area contributed by atoms with E-state index in [1.807, 2.05) is 0 Å². The molecule has 0 radical (unpaired) electrons. The first-order valence-electron chi connectivity index (χ1n) is 5.71. The molecule has 0 bridgehead atoms. The molecule has 0 atom stereocenters. The number of aliphatic carboxylic acids is 1. The number of benzene rings is 1. The van der Waals surface area contributed by atoms with Gasteiger partial charge in [0.1, 0.15) is 6.54 Å². The topological polar surface area (TPSA) is 96.2 Å². The first kappa shape index (κ1) is 15.1. The van der Waals surface area contributed by atoms with Gasteiger partial charge in [0.2, 0.25) is 0 Å². The molecule has 1 aromatic carbocycles. The van der Waals surface area contributed by atoms with Crippen molar-refractivity contribution < 1.29 is 14.7 Å². The summed E-state index contributed by atoms with van der Waals surface area (Å²) in [6.45, 7) is -0.285. The standard InChI is InChI=1S/C12H10Cl2N4O3/c13-7-1-8(14)3-9(2-7)16-12(21)17-10-4-15-18(5-10)6-11(19)20/h1-5H,6H2,(H,19,20)(H2,16,17,21). The number of carbonyl (C=O) groups excluding carboxylic acids is 1. The van der Waals surface area contributed by atoms with Gasteiger partial charge in [0.05, 0.1) is 11.9 Å². The summed E-state index contributed by atoms with van der Waals surface area (Å²) >= 11 is 11.6. The van der Waals surface area contributed by atoms with Crippen molar-refractivity contribution >= 4 is 46.6 Å². The van der Waals surface area contributed by atoms with Crippen molar-refractivity contribution in [2.45, 2.75) is 6.54 Å². The number of amides is 2. The highest BCUT2D eigenvalue weighted by Crippen LogP contribution is 2.22. The molecule has 3 N–H and O–H groups in total. The molecule has 0 saturated carbocycles. The average Bonchev–Trinajstić information content (AvgIpc) is 2.73. The van der Waals surface area contributed by atoms with E-state index >= 15 is 0 Å². The largest absolute Gasteiger partial charge is 0.480 e. The van der Waals surface area contributed by atoms with Crippen molar-refractivity contribution in [3.8, 4) is 0 Å². The lowest BCUT2D eigenvalue weighted by atomic mass is 10.3. The van der Waals surface area contributed by atoms with Gasteiger partial charge in [-0.25, -0.2) is 4.79 Å². The van der Waals surface area contributed by atoms with Gasteiger partial charge in [-0.3, -0.25) is 9.48 Å². The lowest BCUT2D eigenvalue weighted by molar-refractivity contribution is -0.137. The molecule has 2 amide bonds. The molecule has 1 heterocycles. The Hall–Kier alpha value is -2.25. The maximum absolute atomic E-state index is 11.8. The summed E-state index contributed by atoms with van der Waals surface area (Å²) in [5.41, 5.74) is 0.796. The SMILES string of the molecule is O=C(O)Cn1cc(NC(=O)Nc2cc(Cl)cc(Cl)c2)cn1. The molecule has 0 fully saturated rings. The van der Waals surface area contributed by atoms with Crippen LogP contribution in [0.1, 0.15) is 0 Å². The van der Waals surface area contributed by atoms with E-state index in [2.05, 4.69) is 15.7 Å². The van der Waals surface area contributed by atoms with Gasteiger partial charge in [0, 0.05) is 21.9 Å². The highest BCUT2D eigenvalue weighted by Gasteiger charge is 2.07. The molecule has 0 aliphatic heterocycles. The highest BCUT2D eigenvalue weighted by atomic mass is 35.5. The predicted octanol–water partition coefficient (Wildman–Crippen LogP) is 2.92. The van der Waals surface area contributed by atoms with E-state index in [0.29, 0.717) is 21.4 Å². The Labute approximate surface area is 129 Å². The molecular formula is C12H10Cl2N4O3. The van der Waals surface area contributed by atoms with Crippen molar-refractivity contribution in [1.29, 1.82) is 0 Å². The minimum absolute atomic E-state index is 0.285. The van der Waals surface area contributed by atoms with Crippen LogP contribution in [0.5, 0.6) is 0 Å². The van der Waals surface area contributed by atoms with Gasteiger partial charge < -0.3 is 15.7 Å². The van der Waals surface area contributed by atoms with Crippen LogP contribution in [-0.2, 0) is 11.3 Å². The van der Waals surface area contributed by atoms with Crippen molar-refractivity contribution in [3.05, 3.63) is 40.6 Å². The lowest BCUT2D eigenvalue weighted by Gasteiger charge is -2.06. The van der Waals surface area contributed by atoms with Crippen LogP contribution in [0, 0.1) is 0 Å². The Bertz CT molecular complexity index is 667. The van der Waals surface area contributed by atoms with Gasteiger partial charge in [0.15, 0.2) is 0 Å². The third-order valence-electron chi connectivity index (χ3n) is 2.31. The molecule has 0 saturated heterocycles. The maximum atomic E-state index is 11.8. The normalized spacial score (nSPS) is 10.2. The van der Waals surface area contributed by atoms with Crippen molar-refractivity contribution in [1.82, 2.24) is 9.78 Å². The third kappa shape index (κ3) is 4.66. The number of halogens is 2. The molecule has 0 aliphatic rings. The van der Waals surface area contributed by atoms with Gasteiger partial charge >= 0.3 is 12.0 Å². The zero-order valence-corrected chi connectivity index (χ0v) is 12.0. The number of urea groups is 1. The first-order valence-corrected chi connectivity index (χ1v) is 6.46. The van der Waals surface area contributed by atoms with Crippen LogP contribution < -0.4 is 10.6 Å². The molecule has 9 heteroatoms. The number of hydrogen-bond donors (Lipinski definition) is 3. The van der Waals surface area contributed by atoms with Crippen molar-refractivity contribution in [2.24, 2.45) is 0 Å². The van der Waals surface area contributed by atoms with E-state index < -0.39 is 12.0 Å². The Kier molecular flexibility index (Phi) is 4.66. The molecule has 2 aromatic rings. The highest BCUT2D eigenvalue weighted by molar-refractivity contribution is 6.35. The zero-order chi connectivity index (χ0) is 15.4. The van der Waals surface area contributed by atoms with Crippen LogP contribution >= 0.6 is 23.2 Å². The third-order valence-corrected chi connectivity index (χ3v) is 2.75. The molecule has 0 unspecified atom stereocenters. The first-order chi connectivity index (χ1) is 9.92. The Morgan fingerprint density at radius 3 is 2.38 bits per heavy atom. The monoisotopic (exact) mass is 328 g/mol. The van der Waals surface area contributed by atoms with Crippen LogP contribution in [0.15, 0.2) is 30.6 Å². The minimum atomic E-state index is -1.03. The fourth-order valence-corrected chi connectivity index (χ4v) is 2.10. The fourth-order valence-electron chi connectivity index (χ4n) is 1.57. The Morgan fingerprint density at radius 1 is 1.14 bits per heavy atom. The predicted molar refractivity (Wildman–Crippen MR) is 79.0 cm³/mol. The van der Waals surface area contributed by atoms with Crippen LogP contribution in [0.4, 0.5) is 16.2 Å².